The van der Waals surface area contributed by atoms with Gasteiger partial charge in [0.05, 0.1) is 0 Å². The summed E-state index contributed by atoms with van der Waals surface area (Å²) in [6.45, 7) is 8.71. The predicted molar refractivity (Wildman–Crippen MR) is 97.3 cm³/mol. The van der Waals surface area contributed by atoms with E-state index < -0.39 is 0 Å². The van der Waals surface area contributed by atoms with Crippen LogP contribution in [0.25, 0.3) is 0 Å². The van der Waals surface area contributed by atoms with Gasteiger partial charge in [0, 0.05) is 52.5 Å². The van der Waals surface area contributed by atoms with E-state index in [2.05, 4.69) is 29.8 Å². The monoisotopic (exact) mass is 333 g/mol. The highest BCUT2D eigenvalue weighted by Gasteiger charge is 2.22. The Morgan fingerprint density at radius 2 is 2.04 bits per heavy atom. The molecule has 24 heavy (non-hydrogen) atoms. The normalized spacial score (nSPS) is 15.5. The molecule has 1 amide bonds. The summed E-state index contributed by atoms with van der Waals surface area (Å²) in [5.41, 5.74) is 1.19. The topological polar surface area (TPSA) is 45.7 Å². The summed E-state index contributed by atoms with van der Waals surface area (Å²) in [4.78, 5) is 21.1. The highest BCUT2D eigenvalue weighted by molar-refractivity contribution is 5.76. The zero-order chi connectivity index (χ0) is 17.4. The van der Waals surface area contributed by atoms with Crippen LogP contribution in [0.15, 0.2) is 18.3 Å². The maximum absolute atomic E-state index is 12.4. The first-order valence-electron chi connectivity index (χ1n) is 9.14. The van der Waals surface area contributed by atoms with Gasteiger partial charge in [0.25, 0.3) is 0 Å². The van der Waals surface area contributed by atoms with E-state index in [-0.39, 0.29) is 5.91 Å². The second-order valence-corrected chi connectivity index (χ2v) is 6.47. The lowest BCUT2D eigenvalue weighted by Crippen LogP contribution is -2.39. The molecule has 0 bridgehead atoms. The van der Waals surface area contributed by atoms with Crippen LogP contribution in [0, 0.1) is 5.92 Å². The molecule has 2 rings (SSSR count). The maximum Gasteiger partial charge on any atom is 0.222 e. The zero-order valence-corrected chi connectivity index (χ0v) is 15.3. The van der Waals surface area contributed by atoms with Gasteiger partial charge in [-0.1, -0.05) is 0 Å². The third-order valence-corrected chi connectivity index (χ3v) is 4.89. The number of carbonyl (C=O) groups is 1. The van der Waals surface area contributed by atoms with E-state index >= 15 is 0 Å². The molecule has 5 nitrogen and oxygen atoms in total. The van der Waals surface area contributed by atoms with Crippen molar-refractivity contribution in [1.82, 2.24) is 9.88 Å². The molecule has 2 heterocycles. The number of methoxy groups -OCH3 is 1. The van der Waals surface area contributed by atoms with Crippen molar-refractivity contribution in [2.45, 2.75) is 39.5 Å². The summed E-state index contributed by atoms with van der Waals surface area (Å²) in [5, 5.41) is 0. The Balaban J connectivity index is 1.83. The minimum absolute atomic E-state index is 0.270. The fraction of sp³-hybridized carbons (Fsp3) is 0.684. The number of amides is 1. The van der Waals surface area contributed by atoms with E-state index in [0.717, 1.165) is 57.9 Å². The summed E-state index contributed by atoms with van der Waals surface area (Å²) in [6, 6.07) is 4.14. The number of hydrogen-bond donors (Lipinski definition) is 0. The van der Waals surface area contributed by atoms with E-state index in [1.807, 2.05) is 17.2 Å². The van der Waals surface area contributed by atoms with Gasteiger partial charge in [0.1, 0.15) is 5.82 Å². The fourth-order valence-electron chi connectivity index (χ4n) is 3.33. The van der Waals surface area contributed by atoms with Crippen LogP contribution in [0.3, 0.4) is 0 Å². The SMILES string of the molecule is CCN(CC)c1cc(CCC(=O)N2CCC(COC)CC2)ccn1. The van der Waals surface area contributed by atoms with Crippen molar-refractivity contribution >= 4 is 11.7 Å². The first-order chi connectivity index (χ1) is 11.7. The van der Waals surface area contributed by atoms with Crippen molar-refractivity contribution in [2.75, 3.05) is 44.8 Å². The van der Waals surface area contributed by atoms with Gasteiger partial charge in [0.15, 0.2) is 0 Å². The molecule has 0 N–H and O–H groups in total. The zero-order valence-electron chi connectivity index (χ0n) is 15.3. The van der Waals surface area contributed by atoms with Crippen LogP contribution < -0.4 is 4.90 Å². The molecular formula is C19H31N3O2. The quantitative estimate of drug-likeness (QED) is 0.734. The van der Waals surface area contributed by atoms with Crippen molar-refractivity contribution in [3.63, 3.8) is 0 Å². The summed E-state index contributed by atoms with van der Waals surface area (Å²) in [6.07, 6.45) is 5.33. The molecule has 0 aromatic carbocycles. The number of hydrogen-bond acceptors (Lipinski definition) is 4. The molecule has 1 saturated heterocycles. The number of anilines is 1. The Labute approximate surface area is 146 Å². The van der Waals surface area contributed by atoms with Gasteiger partial charge in [-0.25, -0.2) is 4.98 Å². The number of pyridine rings is 1. The highest BCUT2D eigenvalue weighted by Crippen LogP contribution is 2.19. The summed E-state index contributed by atoms with van der Waals surface area (Å²) in [5.74, 6) is 1.88. The van der Waals surface area contributed by atoms with Crippen LogP contribution in [0.2, 0.25) is 0 Å². The molecule has 0 spiro atoms. The molecule has 134 valence electrons. The van der Waals surface area contributed by atoms with E-state index in [4.69, 9.17) is 4.74 Å². The van der Waals surface area contributed by atoms with Crippen molar-refractivity contribution in [3.8, 4) is 0 Å². The number of aryl methyl sites for hydroxylation is 1. The van der Waals surface area contributed by atoms with Crippen LogP contribution >= 0.6 is 0 Å². The largest absolute Gasteiger partial charge is 0.384 e. The van der Waals surface area contributed by atoms with E-state index in [9.17, 15) is 4.79 Å². The maximum atomic E-state index is 12.4. The number of carbonyl (C=O) groups excluding carboxylic acids is 1. The molecule has 0 atom stereocenters. The van der Waals surface area contributed by atoms with Crippen LogP contribution in [-0.4, -0.2) is 55.7 Å². The minimum atomic E-state index is 0.270. The Bertz CT molecular complexity index is 509. The second-order valence-electron chi connectivity index (χ2n) is 6.47. The summed E-state index contributed by atoms with van der Waals surface area (Å²) >= 11 is 0. The van der Waals surface area contributed by atoms with Gasteiger partial charge in [0.2, 0.25) is 5.91 Å². The Kier molecular flexibility index (Phi) is 7.50. The van der Waals surface area contributed by atoms with Crippen LogP contribution in [0.4, 0.5) is 5.82 Å². The molecule has 5 heteroatoms. The Hall–Kier alpha value is -1.62. The molecule has 1 aromatic rings. The molecule has 1 fully saturated rings. The molecule has 0 saturated carbocycles. The van der Waals surface area contributed by atoms with Gasteiger partial charge < -0.3 is 14.5 Å². The lowest BCUT2D eigenvalue weighted by Gasteiger charge is -2.31. The van der Waals surface area contributed by atoms with E-state index in [1.54, 1.807) is 7.11 Å². The van der Waals surface area contributed by atoms with Gasteiger partial charge in [-0.3, -0.25) is 4.79 Å². The van der Waals surface area contributed by atoms with Gasteiger partial charge in [-0.15, -0.1) is 0 Å². The second kappa shape index (κ2) is 9.62. The van der Waals surface area contributed by atoms with E-state index in [1.165, 1.54) is 5.56 Å². The van der Waals surface area contributed by atoms with Gasteiger partial charge in [-0.05, 0) is 56.7 Å². The lowest BCUT2D eigenvalue weighted by atomic mass is 9.97. The van der Waals surface area contributed by atoms with Crippen molar-refractivity contribution in [2.24, 2.45) is 5.92 Å². The number of piperidine rings is 1. The average molecular weight is 333 g/mol. The average Bonchev–Trinajstić information content (AvgIpc) is 2.62. The number of aromatic nitrogens is 1. The molecule has 0 radical (unpaired) electrons. The van der Waals surface area contributed by atoms with Crippen LogP contribution in [0.1, 0.15) is 38.7 Å². The fourth-order valence-corrected chi connectivity index (χ4v) is 3.33. The third kappa shape index (κ3) is 5.20. The molecule has 1 aromatic heterocycles. The lowest BCUT2D eigenvalue weighted by molar-refractivity contribution is -0.132. The third-order valence-electron chi connectivity index (χ3n) is 4.89. The Morgan fingerprint density at radius 1 is 1.33 bits per heavy atom. The summed E-state index contributed by atoms with van der Waals surface area (Å²) in [7, 11) is 1.75. The molecule has 0 aliphatic carbocycles. The minimum Gasteiger partial charge on any atom is -0.384 e. The van der Waals surface area contributed by atoms with Crippen molar-refractivity contribution in [3.05, 3.63) is 23.9 Å². The van der Waals surface area contributed by atoms with Crippen molar-refractivity contribution < 1.29 is 9.53 Å². The Morgan fingerprint density at radius 3 is 2.67 bits per heavy atom. The van der Waals surface area contributed by atoms with Crippen LogP contribution in [0.5, 0.6) is 0 Å². The van der Waals surface area contributed by atoms with Gasteiger partial charge in [-0.2, -0.15) is 0 Å². The molecule has 0 unspecified atom stereocenters. The first-order valence-corrected chi connectivity index (χ1v) is 9.14. The standard InChI is InChI=1S/C19H31N3O2/c1-4-21(5-2)18-14-16(8-11-20-18)6-7-19(23)22-12-9-17(10-13-22)15-24-3/h8,11,14,17H,4-7,9-10,12-13,15H2,1-3H3. The molecule has 1 aliphatic heterocycles. The van der Waals surface area contributed by atoms with E-state index in [0.29, 0.717) is 12.3 Å². The van der Waals surface area contributed by atoms with Gasteiger partial charge >= 0.3 is 0 Å². The number of rotatable bonds is 8. The summed E-state index contributed by atoms with van der Waals surface area (Å²) < 4.78 is 5.22. The highest BCUT2D eigenvalue weighted by atomic mass is 16.5. The number of nitrogens with zero attached hydrogens (tertiary/aromatic N) is 3. The first kappa shape index (κ1) is 18.7. The smallest absolute Gasteiger partial charge is 0.222 e. The predicted octanol–water partition coefficient (Wildman–Crippen LogP) is 2.75. The van der Waals surface area contributed by atoms with Crippen LogP contribution in [-0.2, 0) is 16.0 Å². The number of ether oxygens (including phenoxy) is 1. The number of likely N-dealkylation sites (tertiary alicyclic amines) is 1. The van der Waals surface area contributed by atoms with Crippen molar-refractivity contribution in [1.29, 1.82) is 0 Å². The molecule has 1 aliphatic rings. The molecular weight excluding hydrogens is 302 g/mol.